The van der Waals surface area contributed by atoms with Crippen LogP contribution in [-0.2, 0) is 5.54 Å². The minimum absolute atomic E-state index is 0.0430. The molecule has 1 aliphatic carbocycles. The molecule has 2 rings (SSSR count). The lowest BCUT2D eigenvalue weighted by Crippen LogP contribution is -2.28. The Morgan fingerprint density at radius 1 is 1.44 bits per heavy atom. The number of hydrogen-bond acceptors (Lipinski definition) is 2. The van der Waals surface area contributed by atoms with Gasteiger partial charge in [0.2, 0.25) is 0 Å². The second-order valence-electron chi connectivity index (χ2n) is 5.71. The first-order chi connectivity index (χ1) is 7.41. The number of nitrogens with zero attached hydrogens (tertiary/aromatic N) is 2. The zero-order chi connectivity index (χ0) is 11.9. The molecule has 3 heteroatoms. The van der Waals surface area contributed by atoms with Gasteiger partial charge in [0.15, 0.2) is 5.78 Å². The highest BCUT2D eigenvalue weighted by Gasteiger charge is 2.31. The zero-order valence-electron chi connectivity index (χ0n) is 10.6. The molecule has 1 saturated carbocycles. The second kappa shape index (κ2) is 3.72. The van der Waals surface area contributed by atoms with Crippen molar-refractivity contribution in [3.05, 3.63) is 17.5 Å². The van der Waals surface area contributed by atoms with Gasteiger partial charge >= 0.3 is 0 Å². The third kappa shape index (κ3) is 1.79. The number of ketones is 1. The molecule has 0 atom stereocenters. The number of Topliss-reactive ketones (excluding diaryl/α,β-unsaturated/α-hetero) is 1. The van der Waals surface area contributed by atoms with Crippen molar-refractivity contribution >= 4 is 5.78 Å². The molecular weight excluding hydrogens is 200 g/mol. The lowest BCUT2D eigenvalue weighted by Gasteiger charge is -2.31. The Morgan fingerprint density at radius 2 is 2.06 bits per heavy atom. The fourth-order valence-corrected chi connectivity index (χ4v) is 2.24. The monoisotopic (exact) mass is 220 g/mol. The molecule has 88 valence electrons. The van der Waals surface area contributed by atoms with Crippen molar-refractivity contribution in [2.75, 3.05) is 0 Å². The minimum atomic E-state index is -0.0430. The van der Waals surface area contributed by atoms with Gasteiger partial charge in [0.25, 0.3) is 0 Å². The van der Waals surface area contributed by atoms with E-state index in [0.717, 1.165) is 11.3 Å². The predicted molar refractivity (Wildman–Crippen MR) is 63.8 cm³/mol. The first-order valence-electron chi connectivity index (χ1n) is 6.00. The van der Waals surface area contributed by atoms with E-state index >= 15 is 0 Å². The van der Waals surface area contributed by atoms with E-state index in [4.69, 9.17) is 0 Å². The topological polar surface area (TPSA) is 34.9 Å². The van der Waals surface area contributed by atoms with E-state index in [1.807, 2.05) is 4.68 Å². The molecule has 16 heavy (non-hydrogen) atoms. The van der Waals surface area contributed by atoms with E-state index in [9.17, 15) is 4.79 Å². The fourth-order valence-electron chi connectivity index (χ4n) is 2.24. The van der Waals surface area contributed by atoms with Crippen LogP contribution in [0.1, 0.15) is 68.9 Å². The molecule has 0 saturated heterocycles. The summed E-state index contributed by atoms with van der Waals surface area (Å²) >= 11 is 0. The van der Waals surface area contributed by atoms with E-state index in [1.165, 1.54) is 19.3 Å². The van der Waals surface area contributed by atoms with Gasteiger partial charge in [-0.15, -0.1) is 0 Å². The highest BCUT2D eigenvalue weighted by Crippen LogP contribution is 2.39. The van der Waals surface area contributed by atoms with Gasteiger partial charge in [-0.2, -0.15) is 5.10 Å². The Morgan fingerprint density at radius 3 is 2.44 bits per heavy atom. The maximum atomic E-state index is 11.6. The first-order valence-corrected chi connectivity index (χ1v) is 6.00. The Kier molecular flexibility index (Phi) is 2.64. The molecular formula is C13H20N2O. The number of carbonyl (C=O) groups excluding carboxylic acids is 1. The average Bonchev–Trinajstić information content (AvgIpc) is 2.43. The van der Waals surface area contributed by atoms with Crippen molar-refractivity contribution in [3.8, 4) is 0 Å². The summed E-state index contributed by atoms with van der Waals surface area (Å²) in [6, 6.07) is 0. The summed E-state index contributed by atoms with van der Waals surface area (Å²) < 4.78 is 2.04. The van der Waals surface area contributed by atoms with Gasteiger partial charge < -0.3 is 0 Å². The molecule has 0 amide bonds. The van der Waals surface area contributed by atoms with Crippen molar-refractivity contribution in [2.45, 2.75) is 58.4 Å². The van der Waals surface area contributed by atoms with Crippen molar-refractivity contribution in [1.82, 2.24) is 9.78 Å². The molecule has 1 fully saturated rings. The highest BCUT2D eigenvalue weighted by atomic mass is 16.1. The summed E-state index contributed by atoms with van der Waals surface area (Å²) in [6.45, 7) is 8.02. The Bertz CT molecular complexity index is 408. The van der Waals surface area contributed by atoms with Gasteiger partial charge in [-0.1, -0.05) is 6.42 Å². The summed E-state index contributed by atoms with van der Waals surface area (Å²) in [6.07, 6.45) is 5.41. The normalized spacial score (nSPS) is 17.2. The number of aromatic nitrogens is 2. The zero-order valence-corrected chi connectivity index (χ0v) is 10.6. The van der Waals surface area contributed by atoms with Crippen molar-refractivity contribution in [2.24, 2.45) is 0 Å². The molecule has 1 aromatic heterocycles. The smallest absolute Gasteiger partial charge is 0.163 e. The number of rotatable bonds is 2. The molecule has 0 spiro atoms. The minimum Gasteiger partial charge on any atom is -0.294 e. The molecule has 1 aliphatic rings. The van der Waals surface area contributed by atoms with Crippen LogP contribution < -0.4 is 0 Å². The molecule has 0 aliphatic heterocycles. The van der Waals surface area contributed by atoms with Gasteiger partial charge in [0.05, 0.1) is 23.0 Å². The molecule has 3 nitrogen and oxygen atoms in total. The van der Waals surface area contributed by atoms with E-state index in [1.54, 1.807) is 13.1 Å². The van der Waals surface area contributed by atoms with Crippen LogP contribution in [0.2, 0.25) is 0 Å². The quantitative estimate of drug-likeness (QED) is 0.718. The van der Waals surface area contributed by atoms with Crippen LogP contribution in [0.4, 0.5) is 0 Å². The Hall–Kier alpha value is -1.12. The van der Waals surface area contributed by atoms with Gasteiger partial charge in [0, 0.05) is 5.92 Å². The maximum absolute atomic E-state index is 11.6. The molecule has 1 heterocycles. The van der Waals surface area contributed by atoms with Crippen LogP contribution in [0.3, 0.4) is 0 Å². The highest BCUT2D eigenvalue weighted by molar-refractivity contribution is 5.95. The summed E-state index contributed by atoms with van der Waals surface area (Å²) in [4.78, 5) is 11.6. The standard InChI is InChI=1S/C13H20N2O/c1-9(16)11-8-14-15(13(2,3)4)12(11)10-6-5-7-10/h8,10H,5-7H2,1-4H3. The van der Waals surface area contributed by atoms with Crippen molar-refractivity contribution in [3.63, 3.8) is 0 Å². The molecule has 0 unspecified atom stereocenters. The number of hydrogen-bond donors (Lipinski definition) is 0. The van der Waals surface area contributed by atoms with Crippen molar-refractivity contribution < 1.29 is 4.79 Å². The molecule has 0 radical (unpaired) electrons. The Labute approximate surface area is 96.8 Å². The van der Waals surface area contributed by atoms with Gasteiger partial charge in [-0.25, -0.2) is 0 Å². The van der Waals surface area contributed by atoms with E-state index in [2.05, 4.69) is 25.9 Å². The predicted octanol–water partition coefficient (Wildman–Crippen LogP) is 3.11. The number of carbonyl (C=O) groups is 1. The summed E-state index contributed by atoms with van der Waals surface area (Å²) in [7, 11) is 0. The summed E-state index contributed by atoms with van der Waals surface area (Å²) in [5, 5.41) is 4.41. The van der Waals surface area contributed by atoms with Crippen LogP contribution in [-0.4, -0.2) is 15.6 Å². The second-order valence-corrected chi connectivity index (χ2v) is 5.71. The average molecular weight is 220 g/mol. The largest absolute Gasteiger partial charge is 0.294 e. The van der Waals surface area contributed by atoms with E-state index in [-0.39, 0.29) is 11.3 Å². The molecule has 0 N–H and O–H groups in total. The van der Waals surface area contributed by atoms with Crippen molar-refractivity contribution in [1.29, 1.82) is 0 Å². The first kappa shape index (κ1) is 11.4. The van der Waals surface area contributed by atoms with Crippen LogP contribution >= 0.6 is 0 Å². The van der Waals surface area contributed by atoms with Gasteiger partial charge in [-0.05, 0) is 40.5 Å². The van der Waals surface area contributed by atoms with Crippen LogP contribution in [0.25, 0.3) is 0 Å². The lowest BCUT2D eigenvalue weighted by molar-refractivity contribution is 0.101. The van der Waals surface area contributed by atoms with Crippen LogP contribution in [0.5, 0.6) is 0 Å². The van der Waals surface area contributed by atoms with Crippen LogP contribution in [0.15, 0.2) is 6.20 Å². The lowest BCUT2D eigenvalue weighted by atomic mass is 9.80. The maximum Gasteiger partial charge on any atom is 0.163 e. The summed E-state index contributed by atoms with van der Waals surface area (Å²) in [5.74, 6) is 0.679. The molecule has 1 aromatic rings. The third-order valence-corrected chi connectivity index (χ3v) is 3.31. The fraction of sp³-hybridized carbons (Fsp3) is 0.692. The van der Waals surface area contributed by atoms with Gasteiger partial charge in [0.1, 0.15) is 0 Å². The van der Waals surface area contributed by atoms with E-state index in [0.29, 0.717) is 5.92 Å². The molecule has 0 bridgehead atoms. The summed E-state index contributed by atoms with van der Waals surface area (Å²) in [5.41, 5.74) is 1.93. The van der Waals surface area contributed by atoms with E-state index < -0.39 is 0 Å². The SMILES string of the molecule is CC(=O)c1cnn(C(C)(C)C)c1C1CCC1. The van der Waals surface area contributed by atoms with Crippen LogP contribution in [0, 0.1) is 0 Å². The molecule has 0 aromatic carbocycles. The third-order valence-electron chi connectivity index (χ3n) is 3.31. The Balaban J connectivity index is 2.49. The van der Waals surface area contributed by atoms with Gasteiger partial charge in [-0.3, -0.25) is 9.48 Å².